The van der Waals surface area contributed by atoms with E-state index in [1.165, 1.54) is 4.52 Å². The van der Waals surface area contributed by atoms with Gasteiger partial charge in [0.25, 0.3) is 17.2 Å². The van der Waals surface area contributed by atoms with Gasteiger partial charge in [0.2, 0.25) is 0 Å². The van der Waals surface area contributed by atoms with E-state index in [2.05, 4.69) is 15.3 Å². The second-order valence-electron chi connectivity index (χ2n) is 7.41. The fraction of sp³-hybridized carbons (Fsp3) is 0.217. The van der Waals surface area contributed by atoms with Crippen molar-refractivity contribution in [3.63, 3.8) is 0 Å². The molecular weight excluding hydrogens is 426 g/mol. The van der Waals surface area contributed by atoms with Crippen molar-refractivity contribution in [1.29, 1.82) is 0 Å². The Balaban J connectivity index is 1.41. The van der Waals surface area contributed by atoms with Gasteiger partial charge in [-0.15, -0.1) is 11.8 Å². The average molecular weight is 450 g/mol. The number of amides is 1. The second kappa shape index (κ2) is 9.27. The smallest absolute Gasteiger partial charge is 0.274 e. The predicted molar refractivity (Wildman–Crippen MR) is 125 cm³/mol. The minimum absolute atomic E-state index is 0.114. The number of anilines is 1. The van der Waals surface area contributed by atoms with Gasteiger partial charge in [-0.2, -0.15) is 9.50 Å². The molecule has 0 aliphatic heterocycles. The van der Waals surface area contributed by atoms with Crippen LogP contribution in [-0.2, 0) is 5.75 Å². The summed E-state index contributed by atoms with van der Waals surface area (Å²) in [6.07, 6.45) is 1.63. The summed E-state index contributed by atoms with van der Waals surface area (Å²) in [6.45, 7) is 3.97. The lowest BCUT2D eigenvalue weighted by atomic mass is 10.2. The Bertz CT molecular complexity index is 1310. The maximum absolute atomic E-state index is 12.5. The zero-order chi connectivity index (χ0) is 22.7. The Labute approximate surface area is 189 Å². The molecule has 2 aromatic heterocycles. The highest BCUT2D eigenvalue weighted by Gasteiger charge is 2.11. The number of carbonyl (C=O) groups excluding carboxylic acids is 1. The molecule has 164 valence electrons. The van der Waals surface area contributed by atoms with Gasteiger partial charge < -0.3 is 10.1 Å². The Morgan fingerprint density at radius 1 is 1.16 bits per heavy atom. The largest absolute Gasteiger partial charge is 0.497 e. The molecule has 0 spiro atoms. The van der Waals surface area contributed by atoms with Gasteiger partial charge in [-0.3, -0.25) is 14.3 Å². The zero-order valence-corrected chi connectivity index (χ0v) is 18.8. The van der Waals surface area contributed by atoms with Crippen molar-refractivity contribution in [2.75, 3.05) is 12.4 Å². The van der Waals surface area contributed by atoms with Crippen LogP contribution in [0.5, 0.6) is 5.75 Å². The molecule has 1 amide bonds. The number of nitrogens with one attached hydrogen (secondary N) is 1. The number of rotatable bonds is 7. The first kappa shape index (κ1) is 21.6. The fourth-order valence-corrected chi connectivity index (χ4v) is 3.96. The summed E-state index contributed by atoms with van der Waals surface area (Å²) in [5.41, 5.74) is 1.74. The van der Waals surface area contributed by atoms with Gasteiger partial charge in [0, 0.05) is 34.0 Å². The number of methoxy groups -OCH3 is 1. The Hall–Kier alpha value is -3.59. The number of hydrogen-bond donors (Lipinski definition) is 1. The van der Waals surface area contributed by atoms with Crippen LogP contribution in [0.3, 0.4) is 0 Å². The van der Waals surface area contributed by atoms with Crippen molar-refractivity contribution in [3.05, 3.63) is 82.5 Å². The number of nitrogens with zero attached hydrogens (tertiary/aromatic N) is 4. The molecular formula is C23H23N5O3S. The third kappa shape index (κ3) is 4.67. The van der Waals surface area contributed by atoms with Crippen LogP contribution >= 0.6 is 11.8 Å². The molecule has 0 aliphatic rings. The van der Waals surface area contributed by atoms with Crippen molar-refractivity contribution < 1.29 is 9.53 Å². The third-order valence-corrected chi connectivity index (χ3v) is 5.86. The van der Waals surface area contributed by atoms with Crippen molar-refractivity contribution in [3.8, 4) is 5.75 Å². The van der Waals surface area contributed by atoms with Crippen molar-refractivity contribution in [2.45, 2.75) is 30.5 Å². The number of carbonyl (C=O) groups is 1. The molecule has 4 rings (SSSR count). The van der Waals surface area contributed by atoms with Crippen LogP contribution in [0.1, 0.15) is 35.9 Å². The molecule has 9 heteroatoms. The molecule has 0 unspecified atom stereocenters. The molecule has 2 heterocycles. The standard InChI is InChI=1S/C23H23N5O3S/c1-15(2)27-14-24-23-26-18(12-21(29)28(23)27)13-32-20-9-7-17(8-10-20)25-22(30)16-5-4-6-19(11-16)31-3/h4-12,14-15H,13H2,1-3H3,(H,25,30). The van der Waals surface area contributed by atoms with Gasteiger partial charge in [-0.25, -0.2) is 4.98 Å². The number of hydrogen-bond acceptors (Lipinski definition) is 6. The summed E-state index contributed by atoms with van der Waals surface area (Å²) < 4.78 is 8.41. The molecule has 1 N–H and O–H groups in total. The van der Waals surface area contributed by atoms with E-state index in [-0.39, 0.29) is 17.5 Å². The third-order valence-electron chi connectivity index (χ3n) is 4.81. The van der Waals surface area contributed by atoms with Crippen LogP contribution in [0, 0.1) is 0 Å². The summed E-state index contributed by atoms with van der Waals surface area (Å²) in [7, 11) is 1.57. The molecule has 0 bridgehead atoms. The minimum Gasteiger partial charge on any atom is -0.497 e. The minimum atomic E-state index is -0.205. The molecule has 2 aromatic carbocycles. The lowest BCUT2D eigenvalue weighted by Crippen LogP contribution is -2.22. The summed E-state index contributed by atoms with van der Waals surface area (Å²) >= 11 is 1.56. The van der Waals surface area contributed by atoms with Gasteiger partial charge in [0.05, 0.1) is 12.8 Å². The summed E-state index contributed by atoms with van der Waals surface area (Å²) in [5.74, 6) is 1.36. The van der Waals surface area contributed by atoms with Gasteiger partial charge in [0.15, 0.2) is 0 Å². The van der Waals surface area contributed by atoms with Gasteiger partial charge in [0.1, 0.15) is 12.1 Å². The van der Waals surface area contributed by atoms with E-state index in [0.717, 1.165) is 4.90 Å². The lowest BCUT2D eigenvalue weighted by Gasteiger charge is -2.09. The van der Waals surface area contributed by atoms with Crippen molar-refractivity contribution in [1.82, 2.24) is 19.2 Å². The molecule has 0 saturated carbocycles. The van der Waals surface area contributed by atoms with Crippen molar-refractivity contribution >= 4 is 29.1 Å². The number of benzene rings is 2. The average Bonchev–Trinajstić information content (AvgIpc) is 3.24. The molecule has 4 aromatic rings. The predicted octanol–water partition coefficient (Wildman–Crippen LogP) is 4.03. The van der Waals surface area contributed by atoms with Crippen LogP contribution in [0.15, 0.2) is 70.6 Å². The van der Waals surface area contributed by atoms with Gasteiger partial charge in [-0.05, 0) is 56.3 Å². The van der Waals surface area contributed by atoms with E-state index in [0.29, 0.717) is 34.2 Å². The van der Waals surface area contributed by atoms with E-state index in [1.54, 1.807) is 60.2 Å². The molecule has 0 radical (unpaired) electrons. The normalized spacial score (nSPS) is 11.1. The monoisotopic (exact) mass is 449 g/mol. The highest BCUT2D eigenvalue weighted by Crippen LogP contribution is 2.24. The van der Waals surface area contributed by atoms with Crippen LogP contribution in [0.2, 0.25) is 0 Å². The molecule has 0 atom stereocenters. The SMILES string of the molecule is COc1cccc(C(=O)Nc2ccc(SCc3cc(=O)n4c(ncn4C(C)C)n3)cc2)c1. The molecule has 32 heavy (non-hydrogen) atoms. The van der Waals surface area contributed by atoms with Crippen LogP contribution in [0.4, 0.5) is 5.69 Å². The maximum atomic E-state index is 12.5. The van der Waals surface area contributed by atoms with Crippen molar-refractivity contribution in [2.24, 2.45) is 0 Å². The number of thioether (sulfide) groups is 1. The molecule has 8 nitrogen and oxygen atoms in total. The highest BCUT2D eigenvalue weighted by molar-refractivity contribution is 7.98. The maximum Gasteiger partial charge on any atom is 0.274 e. The number of aromatic nitrogens is 4. The second-order valence-corrected chi connectivity index (χ2v) is 8.46. The Kier molecular flexibility index (Phi) is 6.27. The van der Waals surface area contributed by atoms with Crippen LogP contribution in [-0.4, -0.2) is 32.2 Å². The molecule has 0 saturated heterocycles. The van der Waals surface area contributed by atoms with E-state index < -0.39 is 0 Å². The first-order valence-corrected chi connectivity index (χ1v) is 11.1. The highest BCUT2D eigenvalue weighted by atomic mass is 32.2. The van der Waals surface area contributed by atoms with E-state index in [4.69, 9.17) is 4.74 Å². The molecule has 0 aliphatic carbocycles. The van der Waals surface area contributed by atoms with E-state index in [9.17, 15) is 9.59 Å². The topological polar surface area (TPSA) is 90.5 Å². The molecule has 0 fully saturated rings. The quantitative estimate of drug-likeness (QED) is 0.429. The van der Waals surface area contributed by atoms with E-state index >= 15 is 0 Å². The van der Waals surface area contributed by atoms with Gasteiger partial charge in [-0.1, -0.05) is 6.07 Å². The summed E-state index contributed by atoms with van der Waals surface area (Å²) in [6, 6.07) is 16.2. The van der Waals surface area contributed by atoms with Crippen LogP contribution in [0.25, 0.3) is 5.78 Å². The summed E-state index contributed by atoms with van der Waals surface area (Å²) in [4.78, 5) is 34.7. The summed E-state index contributed by atoms with van der Waals surface area (Å²) in [5, 5.41) is 2.88. The Morgan fingerprint density at radius 3 is 2.66 bits per heavy atom. The first-order chi connectivity index (χ1) is 15.4. The first-order valence-electron chi connectivity index (χ1n) is 10.1. The lowest BCUT2D eigenvalue weighted by molar-refractivity contribution is 0.102. The van der Waals surface area contributed by atoms with E-state index in [1.807, 2.05) is 38.1 Å². The number of ether oxygens (including phenoxy) is 1. The van der Waals surface area contributed by atoms with Gasteiger partial charge >= 0.3 is 0 Å². The van der Waals surface area contributed by atoms with Crippen LogP contribution < -0.4 is 15.6 Å². The Morgan fingerprint density at radius 2 is 1.94 bits per heavy atom. The number of fused-ring (bicyclic) bond motifs is 1. The fourth-order valence-electron chi connectivity index (χ4n) is 3.17. The zero-order valence-electron chi connectivity index (χ0n) is 18.0.